The minimum absolute atomic E-state index is 1.11. The Hall–Kier alpha value is -0.674. The van der Waals surface area contributed by atoms with Crippen LogP contribution in [0, 0.1) is 0 Å². The van der Waals surface area contributed by atoms with Crippen LogP contribution in [0.15, 0.2) is 84.9 Å². The van der Waals surface area contributed by atoms with Gasteiger partial charge in [-0.3, -0.25) is 0 Å². The van der Waals surface area contributed by atoms with Gasteiger partial charge in [0.05, 0.1) is 0 Å². The van der Waals surface area contributed by atoms with Crippen LogP contribution in [0.25, 0.3) is 0 Å². The van der Waals surface area contributed by atoms with Crippen LogP contribution in [0.1, 0.15) is 39.5 Å². The third kappa shape index (κ3) is 5.38. The first-order valence-corrected chi connectivity index (χ1v) is 23.8. The molecule has 0 spiro atoms. The van der Waals surface area contributed by atoms with Crippen LogP contribution in [0.4, 0.5) is 0 Å². The van der Waals surface area contributed by atoms with Crippen molar-refractivity contribution in [1.82, 2.24) is 0 Å². The van der Waals surface area contributed by atoms with Crippen LogP contribution >= 0.6 is 20.0 Å². The molecule has 0 saturated carbocycles. The van der Waals surface area contributed by atoms with E-state index in [2.05, 4.69) is 98.8 Å². The number of rotatable bonds is 10. The third-order valence-corrected chi connectivity index (χ3v) is 27.4. The van der Waals surface area contributed by atoms with Crippen molar-refractivity contribution in [2.24, 2.45) is 0 Å². The number of hydrogen-bond acceptors (Lipinski definition) is 0. The SMILES string of the molecule is CCC[CH2][Ge]([Cl])([c]1ccccc1)[c]1cc[c]([Ge]([Cl])([CH2]CCC)[c]2ccccc2)cc1. The van der Waals surface area contributed by atoms with E-state index in [9.17, 15) is 0 Å². The molecule has 0 saturated heterocycles. The van der Waals surface area contributed by atoms with Gasteiger partial charge in [0.2, 0.25) is 0 Å². The quantitative estimate of drug-likeness (QED) is 0.272. The molecule has 0 aromatic heterocycles. The molecule has 3 aromatic carbocycles. The summed E-state index contributed by atoms with van der Waals surface area (Å²) in [5.74, 6) is 0. The molecular weight excluding hydrogens is 528 g/mol. The fourth-order valence-corrected chi connectivity index (χ4v) is 21.5. The Morgan fingerprint density at radius 3 is 1.10 bits per heavy atom. The average Bonchev–Trinajstić information content (AvgIpc) is 2.82. The van der Waals surface area contributed by atoms with E-state index in [1.54, 1.807) is 0 Å². The molecule has 0 aliphatic rings. The summed E-state index contributed by atoms with van der Waals surface area (Å²) >= 11 is -5.76. The van der Waals surface area contributed by atoms with E-state index in [0.717, 1.165) is 10.5 Å². The van der Waals surface area contributed by atoms with Crippen molar-refractivity contribution in [1.29, 1.82) is 0 Å². The maximum atomic E-state index is 7.51. The van der Waals surface area contributed by atoms with Gasteiger partial charge in [-0.05, 0) is 0 Å². The summed E-state index contributed by atoms with van der Waals surface area (Å²) in [4.78, 5) is 0. The van der Waals surface area contributed by atoms with Crippen LogP contribution in [0.5, 0.6) is 0 Å². The predicted molar refractivity (Wildman–Crippen MR) is 141 cm³/mol. The zero-order chi connectivity index (χ0) is 21.5. The molecule has 3 rings (SSSR count). The molecule has 158 valence electrons. The van der Waals surface area contributed by atoms with Crippen molar-refractivity contribution >= 4 is 62.3 Å². The summed E-state index contributed by atoms with van der Waals surface area (Å²) in [5, 5.41) is 2.23. The number of halogens is 2. The summed E-state index contributed by atoms with van der Waals surface area (Å²) in [6.45, 7) is 4.49. The molecule has 0 aliphatic heterocycles. The van der Waals surface area contributed by atoms with Gasteiger partial charge in [-0.2, -0.15) is 0 Å². The van der Waals surface area contributed by atoms with Crippen LogP contribution in [-0.4, -0.2) is 24.7 Å². The van der Waals surface area contributed by atoms with E-state index in [1.165, 1.54) is 43.3 Å². The van der Waals surface area contributed by atoms with Crippen LogP contribution in [-0.2, 0) is 0 Å². The van der Waals surface area contributed by atoms with Gasteiger partial charge in [-0.1, -0.05) is 0 Å². The molecule has 0 bridgehead atoms. The molecule has 0 aliphatic carbocycles. The summed E-state index contributed by atoms with van der Waals surface area (Å²) < 4.78 is 5.41. The van der Waals surface area contributed by atoms with Crippen molar-refractivity contribution in [3.8, 4) is 0 Å². The maximum absolute atomic E-state index is 7.51. The van der Waals surface area contributed by atoms with Crippen molar-refractivity contribution in [3.05, 3.63) is 84.9 Å². The molecule has 0 radical (unpaired) electrons. The molecule has 0 amide bonds. The topological polar surface area (TPSA) is 0 Å². The van der Waals surface area contributed by atoms with Gasteiger partial charge in [0.1, 0.15) is 0 Å². The Bertz CT molecular complexity index is 823. The van der Waals surface area contributed by atoms with Crippen molar-refractivity contribution in [2.45, 2.75) is 50.0 Å². The van der Waals surface area contributed by atoms with Gasteiger partial charge in [-0.15, -0.1) is 0 Å². The van der Waals surface area contributed by atoms with Crippen molar-refractivity contribution in [2.75, 3.05) is 0 Å². The molecular formula is C26H32Cl2Ge2. The van der Waals surface area contributed by atoms with E-state index in [0.29, 0.717) is 0 Å². The second-order valence-electron chi connectivity index (χ2n) is 8.12. The normalized spacial score (nSPS) is 15.3. The monoisotopic (exact) mass is 562 g/mol. The van der Waals surface area contributed by atoms with Crippen molar-refractivity contribution in [3.63, 3.8) is 0 Å². The van der Waals surface area contributed by atoms with Crippen molar-refractivity contribution < 1.29 is 0 Å². The van der Waals surface area contributed by atoms with Crippen LogP contribution in [0.2, 0.25) is 10.5 Å². The van der Waals surface area contributed by atoms with E-state index in [-0.39, 0.29) is 0 Å². The van der Waals surface area contributed by atoms with E-state index in [4.69, 9.17) is 20.0 Å². The van der Waals surface area contributed by atoms with Gasteiger partial charge in [0.15, 0.2) is 0 Å². The number of hydrogen-bond donors (Lipinski definition) is 0. The third-order valence-electron chi connectivity index (χ3n) is 6.01. The van der Waals surface area contributed by atoms with E-state index >= 15 is 0 Å². The molecule has 30 heavy (non-hydrogen) atoms. The summed E-state index contributed by atoms with van der Waals surface area (Å²) in [6, 6.07) is 30.8. The fraction of sp³-hybridized carbons (Fsp3) is 0.308. The molecule has 0 nitrogen and oxygen atoms in total. The Morgan fingerprint density at radius 2 is 0.800 bits per heavy atom. The van der Waals surface area contributed by atoms with Gasteiger partial charge < -0.3 is 0 Å². The molecule has 0 N–H and O–H groups in total. The van der Waals surface area contributed by atoms with E-state index < -0.39 is 24.7 Å². The van der Waals surface area contributed by atoms with Crippen LogP contribution < -0.4 is 17.6 Å². The first-order valence-electron chi connectivity index (χ1n) is 11.1. The molecule has 0 fully saturated rings. The fourth-order valence-electron chi connectivity index (χ4n) is 4.15. The van der Waals surface area contributed by atoms with Gasteiger partial charge in [0, 0.05) is 0 Å². The molecule has 0 heterocycles. The van der Waals surface area contributed by atoms with Gasteiger partial charge in [0.25, 0.3) is 0 Å². The Morgan fingerprint density at radius 1 is 0.500 bits per heavy atom. The zero-order valence-electron chi connectivity index (χ0n) is 18.1. The van der Waals surface area contributed by atoms with Gasteiger partial charge in [-0.25, -0.2) is 0 Å². The number of benzene rings is 3. The first-order chi connectivity index (χ1) is 14.5. The first kappa shape index (κ1) is 24.0. The standard InChI is InChI=1S/C26H32Cl2Ge2/c1-3-5-21-29(27,23-13-9-7-10-14-23)25-17-19-26(20-18-25)30(28,22-6-4-2)24-15-11-8-12-16-24/h7-20H,3-6,21-22H2,1-2H3. The molecule has 3 aromatic rings. The zero-order valence-corrected chi connectivity index (χ0v) is 23.8. The van der Waals surface area contributed by atoms with Crippen LogP contribution in [0.3, 0.4) is 0 Å². The molecule has 2 atom stereocenters. The number of unbranched alkanes of at least 4 members (excludes halogenated alkanes) is 2. The molecule has 2 unspecified atom stereocenters. The summed E-state index contributed by atoms with van der Waals surface area (Å²) in [5.41, 5.74) is 0. The minimum atomic E-state index is -2.88. The summed E-state index contributed by atoms with van der Waals surface area (Å²) in [7, 11) is 15.0. The second-order valence-corrected chi connectivity index (χ2v) is 28.5. The Labute approximate surface area is 196 Å². The average molecular weight is 561 g/mol. The Kier molecular flexibility index (Phi) is 9.01. The second kappa shape index (κ2) is 11.3. The van der Waals surface area contributed by atoms with E-state index in [1.807, 2.05) is 0 Å². The molecule has 4 heteroatoms. The Balaban J connectivity index is 2.00. The summed E-state index contributed by atoms with van der Waals surface area (Å²) in [6.07, 6.45) is 4.71. The predicted octanol–water partition coefficient (Wildman–Crippen LogP) is 5.88. The van der Waals surface area contributed by atoms with Gasteiger partial charge >= 0.3 is 197 Å².